The number of nitrogens with one attached hydrogen (secondary N) is 1. The summed E-state index contributed by atoms with van der Waals surface area (Å²) in [6.07, 6.45) is 1.44. The van der Waals surface area contributed by atoms with Crippen molar-refractivity contribution in [3.05, 3.63) is 20.3 Å². The summed E-state index contributed by atoms with van der Waals surface area (Å²) >= 11 is 3.61. The number of rotatable bonds is 2. The Balaban J connectivity index is 3.00. The third-order valence-electron chi connectivity index (χ3n) is 1.11. The van der Waals surface area contributed by atoms with Gasteiger partial charge in [-0.15, -0.1) is 11.8 Å². The molecule has 3 nitrogen and oxygen atoms in total. The fourth-order valence-corrected chi connectivity index (χ4v) is 2.10. The van der Waals surface area contributed by atoms with Crippen LogP contribution in [0.15, 0.2) is 16.1 Å². The lowest BCUT2D eigenvalue weighted by atomic mass is 10.6. The van der Waals surface area contributed by atoms with Gasteiger partial charge in [0.05, 0.1) is 6.33 Å². The van der Waals surface area contributed by atoms with Crippen LogP contribution in [0.25, 0.3) is 0 Å². The Morgan fingerprint density at radius 2 is 2.33 bits per heavy atom. The van der Waals surface area contributed by atoms with Crippen LogP contribution in [0, 0.1) is 3.57 Å². The maximum Gasteiger partial charge on any atom is 0.265 e. The number of hydrogen-bond acceptors (Lipinski definition) is 3. The van der Waals surface area contributed by atoms with Gasteiger partial charge in [-0.05, 0) is 22.6 Å². The fourth-order valence-electron chi connectivity index (χ4n) is 0.672. The second-order valence-corrected chi connectivity index (χ2v) is 5.16. The second-order valence-electron chi connectivity index (χ2n) is 2.52. The summed E-state index contributed by atoms with van der Waals surface area (Å²) in [6.45, 7) is 4.15. The van der Waals surface area contributed by atoms with Gasteiger partial charge < -0.3 is 4.98 Å². The van der Waals surface area contributed by atoms with Crippen LogP contribution in [-0.2, 0) is 0 Å². The number of nitrogens with zero attached hydrogens (tertiary/aromatic N) is 1. The Bertz CT molecular complexity index is 323. The standard InChI is InChI=1S/C7H9IN2OS/c1-4(2)12-7-5(8)6(11)9-3-10-7/h3-4H,1-2H3,(H,9,10,11). The third kappa shape index (κ3) is 2.48. The van der Waals surface area contributed by atoms with E-state index in [2.05, 4.69) is 23.8 Å². The van der Waals surface area contributed by atoms with Gasteiger partial charge in [-0.25, -0.2) is 4.98 Å². The molecule has 0 aliphatic rings. The first kappa shape index (κ1) is 10.0. The van der Waals surface area contributed by atoms with E-state index in [-0.39, 0.29) is 5.56 Å². The predicted octanol–water partition coefficient (Wildman–Crippen LogP) is 1.88. The second kappa shape index (κ2) is 4.27. The lowest BCUT2D eigenvalue weighted by Gasteiger charge is -2.03. The van der Waals surface area contributed by atoms with Gasteiger partial charge in [0.1, 0.15) is 8.60 Å². The minimum atomic E-state index is -0.0613. The van der Waals surface area contributed by atoms with Crippen LogP contribution in [-0.4, -0.2) is 15.2 Å². The lowest BCUT2D eigenvalue weighted by molar-refractivity contribution is 0.977. The van der Waals surface area contributed by atoms with Crippen LogP contribution in [0.2, 0.25) is 0 Å². The first-order chi connectivity index (χ1) is 5.61. The van der Waals surface area contributed by atoms with Gasteiger partial charge in [-0.3, -0.25) is 4.79 Å². The number of thioether (sulfide) groups is 1. The smallest absolute Gasteiger partial charge is 0.265 e. The molecule has 1 N–H and O–H groups in total. The highest BCUT2D eigenvalue weighted by molar-refractivity contribution is 14.1. The zero-order valence-electron chi connectivity index (χ0n) is 6.80. The van der Waals surface area contributed by atoms with Gasteiger partial charge in [0.25, 0.3) is 5.56 Å². The molecule has 1 rings (SSSR count). The molecule has 0 fully saturated rings. The maximum atomic E-state index is 11.1. The van der Waals surface area contributed by atoms with Crippen LogP contribution < -0.4 is 5.56 Å². The van der Waals surface area contributed by atoms with E-state index in [1.165, 1.54) is 6.33 Å². The van der Waals surface area contributed by atoms with Crippen LogP contribution in [0.1, 0.15) is 13.8 Å². The molecule has 0 aliphatic heterocycles. The minimum absolute atomic E-state index is 0.0613. The van der Waals surface area contributed by atoms with E-state index in [9.17, 15) is 4.79 Å². The van der Waals surface area contributed by atoms with Crippen molar-refractivity contribution in [3.63, 3.8) is 0 Å². The molecule has 0 aromatic carbocycles. The van der Waals surface area contributed by atoms with E-state index < -0.39 is 0 Å². The van der Waals surface area contributed by atoms with Crippen LogP contribution in [0.5, 0.6) is 0 Å². The number of aromatic amines is 1. The third-order valence-corrected chi connectivity index (χ3v) is 3.48. The molecule has 1 aromatic heterocycles. The van der Waals surface area contributed by atoms with Gasteiger partial charge in [-0.2, -0.15) is 0 Å². The molecular weight excluding hydrogens is 287 g/mol. The molecule has 0 saturated heterocycles. The van der Waals surface area contributed by atoms with Crippen molar-refractivity contribution in [1.29, 1.82) is 0 Å². The number of aromatic nitrogens is 2. The molecule has 1 heterocycles. The Kier molecular flexibility index (Phi) is 3.57. The Morgan fingerprint density at radius 3 is 2.92 bits per heavy atom. The van der Waals surface area contributed by atoms with E-state index in [1.807, 2.05) is 22.6 Å². The van der Waals surface area contributed by atoms with Crippen molar-refractivity contribution in [2.75, 3.05) is 0 Å². The highest BCUT2D eigenvalue weighted by atomic mass is 127. The normalized spacial score (nSPS) is 10.7. The molecule has 0 atom stereocenters. The van der Waals surface area contributed by atoms with Crippen LogP contribution in [0.4, 0.5) is 0 Å². The minimum Gasteiger partial charge on any atom is -0.312 e. The molecule has 1 aromatic rings. The molecule has 0 aliphatic carbocycles. The van der Waals surface area contributed by atoms with Crippen LogP contribution >= 0.6 is 34.4 Å². The summed E-state index contributed by atoms with van der Waals surface area (Å²) in [6, 6.07) is 0. The van der Waals surface area contributed by atoms with E-state index in [1.54, 1.807) is 11.8 Å². The van der Waals surface area contributed by atoms with E-state index in [0.717, 1.165) is 5.03 Å². The molecule has 66 valence electrons. The summed E-state index contributed by atoms with van der Waals surface area (Å²) in [5.74, 6) is 0. The van der Waals surface area contributed by atoms with Crippen molar-refractivity contribution in [2.24, 2.45) is 0 Å². The molecule has 0 bridgehead atoms. The van der Waals surface area contributed by atoms with Gasteiger partial charge in [-0.1, -0.05) is 13.8 Å². The average Bonchev–Trinajstić information content (AvgIpc) is 1.98. The van der Waals surface area contributed by atoms with Crippen molar-refractivity contribution < 1.29 is 0 Å². The number of halogens is 1. The van der Waals surface area contributed by atoms with Crippen molar-refractivity contribution in [3.8, 4) is 0 Å². The molecular formula is C7H9IN2OS. The van der Waals surface area contributed by atoms with E-state index in [0.29, 0.717) is 8.82 Å². The van der Waals surface area contributed by atoms with E-state index >= 15 is 0 Å². The zero-order chi connectivity index (χ0) is 9.14. The molecule has 0 amide bonds. The molecule has 0 radical (unpaired) electrons. The summed E-state index contributed by atoms with van der Waals surface area (Å²) in [4.78, 5) is 17.7. The topological polar surface area (TPSA) is 45.8 Å². The Morgan fingerprint density at radius 1 is 1.67 bits per heavy atom. The summed E-state index contributed by atoms with van der Waals surface area (Å²) in [5, 5.41) is 1.27. The SMILES string of the molecule is CC(C)Sc1nc[nH]c(=O)c1I. The van der Waals surface area contributed by atoms with Gasteiger partial charge in [0.15, 0.2) is 0 Å². The summed E-state index contributed by atoms with van der Waals surface area (Å²) in [7, 11) is 0. The summed E-state index contributed by atoms with van der Waals surface area (Å²) in [5.41, 5.74) is -0.0613. The monoisotopic (exact) mass is 296 g/mol. The van der Waals surface area contributed by atoms with Crippen LogP contribution in [0.3, 0.4) is 0 Å². The first-order valence-corrected chi connectivity index (χ1v) is 5.47. The molecule has 0 unspecified atom stereocenters. The van der Waals surface area contributed by atoms with E-state index in [4.69, 9.17) is 0 Å². The van der Waals surface area contributed by atoms with Crippen molar-refractivity contribution >= 4 is 34.4 Å². The molecule has 0 spiro atoms. The first-order valence-electron chi connectivity index (χ1n) is 3.51. The Hall–Kier alpha value is -0.0400. The molecule has 0 saturated carbocycles. The van der Waals surface area contributed by atoms with Crippen molar-refractivity contribution in [2.45, 2.75) is 24.1 Å². The molecule has 5 heteroatoms. The van der Waals surface area contributed by atoms with Gasteiger partial charge >= 0.3 is 0 Å². The number of hydrogen-bond donors (Lipinski definition) is 1. The average molecular weight is 296 g/mol. The zero-order valence-corrected chi connectivity index (χ0v) is 9.77. The lowest BCUT2D eigenvalue weighted by Crippen LogP contribution is -2.11. The Labute approximate surface area is 88.5 Å². The quantitative estimate of drug-likeness (QED) is 0.515. The highest BCUT2D eigenvalue weighted by Crippen LogP contribution is 2.22. The van der Waals surface area contributed by atoms with Gasteiger partial charge in [0, 0.05) is 5.25 Å². The summed E-state index contributed by atoms with van der Waals surface area (Å²) < 4.78 is 0.675. The number of H-pyrrole nitrogens is 1. The fraction of sp³-hybridized carbons (Fsp3) is 0.429. The largest absolute Gasteiger partial charge is 0.312 e. The van der Waals surface area contributed by atoms with Crippen molar-refractivity contribution in [1.82, 2.24) is 9.97 Å². The predicted molar refractivity (Wildman–Crippen MR) is 58.6 cm³/mol. The maximum absolute atomic E-state index is 11.1. The molecule has 12 heavy (non-hydrogen) atoms. The van der Waals surface area contributed by atoms with Gasteiger partial charge in [0.2, 0.25) is 0 Å². The highest BCUT2D eigenvalue weighted by Gasteiger charge is 2.06.